The van der Waals surface area contributed by atoms with Crippen molar-refractivity contribution in [3.8, 4) is 0 Å². The molecule has 2 aromatic heterocycles. The maximum absolute atomic E-state index is 13.4. The van der Waals surface area contributed by atoms with Crippen LogP contribution < -0.4 is 0 Å². The van der Waals surface area contributed by atoms with Gasteiger partial charge in [-0.2, -0.15) is 4.31 Å². The Kier molecular flexibility index (Phi) is 5.59. The first-order valence-corrected chi connectivity index (χ1v) is 11.0. The molecule has 156 valence electrons. The number of piperazine rings is 1. The number of imidazole rings is 1. The molecule has 1 fully saturated rings. The molecule has 1 saturated heterocycles. The number of hydrogen-bond donors (Lipinski definition) is 0. The van der Waals surface area contributed by atoms with Crippen molar-refractivity contribution in [1.29, 1.82) is 0 Å². The quantitative estimate of drug-likeness (QED) is 0.575. The third-order valence-corrected chi connectivity index (χ3v) is 7.06. The first-order valence-electron chi connectivity index (χ1n) is 9.21. The first-order chi connectivity index (χ1) is 14.4. The lowest BCUT2D eigenvalue weighted by Gasteiger charge is -2.33. The molecule has 0 unspecified atom stereocenters. The summed E-state index contributed by atoms with van der Waals surface area (Å²) < 4.78 is 41.8. The molecule has 7 nitrogen and oxygen atoms in total. The Morgan fingerprint density at radius 2 is 1.87 bits per heavy atom. The molecule has 1 aliphatic heterocycles. The van der Waals surface area contributed by atoms with E-state index in [1.807, 2.05) is 18.2 Å². The molecule has 0 saturated carbocycles. The van der Waals surface area contributed by atoms with Gasteiger partial charge in [-0.05, 0) is 36.4 Å². The molecule has 1 amide bonds. The Hall–Kier alpha value is -2.75. The van der Waals surface area contributed by atoms with Crippen molar-refractivity contribution >= 4 is 39.3 Å². The Bertz CT molecular complexity index is 1230. The second-order valence-electron chi connectivity index (χ2n) is 6.74. The van der Waals surface area contributed by atoms with Crippen LogP contribution in [0, 0.1) is 5.82 Å². The number of aromatic nitrogens is 2. The summed E-state index contributed by atoms with van der Waals surface area (Å²) >= 11 is 6.17. The summed E-state index contributed by atoms with van der Waals surface area (Å²) in [5, 5.41) is 0.288. The Balaban J connectivity index is 1.43. The van der Waals surface area contributed by atoms with Crippen molar-refractivity contribution in [3.05, 3.63) is 71.4 Å². The van der Waals surface area contributed by atoms with Crippen molar-refractivity contribution in [1.82, 2.24) is 18.6 Å². The Morgan fingerprint density at radius 1 is 1.10 bits per heavy atom. The number of rotatable bonds is 4. The molecule has 0 spiro atoms. The molecule has 0 radical (unpaired) electrons. The van der Waals surface area contributed by atoms with E-state index in [4.69, 9.17) is 11.6 Å². The molecular weight excluding hydrogens is 431 g/mol. The van der Waals surface area contributed by atoms with E-state index in [0.717, 1.165) is 6.07 Å². The number of nitrogens with zero attached hydrogens (tertiary/aromatic N) is 4. The molecule has 0 bridgehead atoms. The minimum Gasteiger partial charge on any atom is -0.337 e. The average Bonchev–Trinajstić information content (AvgIpc) is 3.07. The van der Waals surface area contributed by atoms with Crippen LogP contribution in [-0.2, 0) is 14.8 Å². The third-order valence-electron chi connectivity index (χ3n) is 4.89. The van der Waals surface area contributed by atoms with E-state index in [0.29, 0.717) is 11.3 Å². The summed E-state index contributed by atoms with van der Waals surface area (Å²) in [5.41, 5.74) is 1.26. The molecule has 0 N–H and O–H groups in total. The fourth-order valence-electron chi connectivity index (χ4n) is 3.32. The summed E-state index contributed by atoms with van der Waals surface area (Å²) in [6, 6.07) is 10.4. The van der Waals surface area contributed by atoms with Crippen LogP contribution in [0.2, 0.25) is 5.15 Å². The zero-order chi connectivity index (χ0) is 21.3. The zero-order valence-electron chi connectivity index (χ0n) is 15.8. The Morgan fingerprint density at radius 3 is 2.60 bits per heavy atom. The number of fused-ring (bicyclic) bond motifs is 1. The van der Waals surface area contributed by atoms with Crippen molar-refractivity contribution in [2.45, 2.75) is 4.90 Å². The molecule has 10 heteroatoms. The largest absolute Gasteiger partial charge is 0.337 e. The fraction of sp³-hybridized carbons (Fsp3) is 0.200. The number of carbonyl (C=O) groups excluding carboxylic acids is 1. The van der Waals surface area contributed by atoms with Gasteiger partial charge in [0.1, 0.15) is 11.5 Å². The van der Waals surface area contributed by atoms with E-state index in [9.17, 15) is 17.6 Å². The van der Waals surface area contributed by atoms with Gasteiger partial charge >= 0.3 is 0 Å². The Labute approximate surface area is 178 Å². The second kappa shape index (κ2) is 8.17. The van der Waals surface area contributed by atoms with Gasteiger partial charge in [-0.15, -0.1) is 0 Å². The highest BCUT2D eigenvalue weighted by Gasteiger charge is 2.29. The van der Waals surface area contributed by atoms with E-state index in [1.54, 1.807) is 21.6 Å². The normalized spacial score (nSPS) is 15.9. The monoisotopic (exact) mass is 448 g/mol. The minimum absolute atomic E-state index is 0.0931. The topological polar surface area (TPSA) is 75.0 Å². The highest BCUT2D eigenvalue weighted by Crippen LogP contribution is 2.20. The van der Waals surface area contributed by atoms with Gasteiger partial charge in [0.05, 0.1) is 10.6 Å². The fourth-order valence-corrected chi connectivity index (χ4v) is 5.01. The van der Waals surface area contributed by atoms with E-state index < -0.39 is 15.8 Å². The SMILES string of the molecule is O=C(/C=C/c1c(Cl)nc2ccccn12)N1CCN(S(=O)(=O)c2cccc(F)c2)CC1. The number of amides is 1. The van der Waals surface area contributed by atoms with Gasteiger partial charge in [-0.3, -0.25) is 9.20 Å². The summed E-state index contributed by atoms with van der Waals surface area (Å²) in [4.78, 5) is 18.3. The van der Waals surface area contributed by atoms with E-state index in [2.05, 4.69) is 4.98 Å². The number of pyridine rings is 1. The molecule has 1 aromatic carbocycles. The van der Waals surface area contributed by atoms with Crippen LogP contribution in [0.3, 0.4) is 0 Å². The smallest absolute Gasteiger partial charge is 0.246 e. The number of hydrogen-bond acceptors (Lipinski definition) is 4. The van der Waals surface area contributed by atoms with Gasteiger partial charge in [0.2, 0.25) is 15.9 Å². The summed E-state index contributed by atoms with van der Waals surface area (Å²) in [6.07, 6.45) is 4.80. The van der Waals surface area contributed by atoms with Crippen LogP contribution in [0.15, 0.2) is 59.6 Å². The molecule has 3 heterocycles. The number of carbonyl (C=O) groups is 1. The van der Waals surface area contributed by atoms with Gasteiger partial charge in [0, 0.05) is 38.5 Å². The van der Waals surface area contributed by atoms with Crippen molar-refractivity contribution < 1.29 is 17.6 Å². The molecule has 0 atom stereocenters. The van der Waals surface area contributed by atoms with Gasteiger partial charge in [-0.25, -0.2) is 17.8 Å². The van der Waals surface area contributed by atoms with E-state index >= 15 is 0 Å². The number of benzene rings is 1. The van der Waals surface area contributed by atoms with Crippen molar-refractivity contribution in [3.63, 3.8) is 0 Å². The predicted molar refractivity (Wildman–Crippen MR) is 111 cm³/mol. The van der Waals surface area contributed by atoms with Gasteiger partial charge in [0.25, 0.3) is 0 Å². The van der Waals surface area contributed by atoms with Gasteiger partial charge in [0.15, 0.2) is 5.15 Å². The van der Waals surface area contributed by atoms with Crippen LogP contribution >= 0.6 is 11.6 Å². The number of sulfonamides is 1. The van der Waals surface area contributed by atoms with Gasteiger partial charge in [-0.1, -0.05) is 23.7 Å². The van der Waals surface area contributed by atoms with Crippen LogP contribution in [-0.4, -0.2) is 59.1 Å². The van der Waals surface area contributed by atoms with Crippen LogP contribution in [0.25, 0.3) is 11.7 Å². The van der Waals surface area contributed by atoms with E-state index in [-0.39, 0.29) is 42.1 Å². The van der Waals surface area contributed by atoms with Gasteiger partial charge < -0.3 is 4.90 Å². The van der Waals surface area contributed by atoms with Crippen molar-refractivity contribution in [2.24, 2.45) is 0 Å². The molecule has 4 rings (SSSR count). The van der Waals surface area contributed by atoms with Crippen LogP contribution in [0.4, 0.5) is 4.39 Å². The molecule has 1 aliphatic rings. The molecule has 0 aliphatic carbocycles. The first kappa shape index (κ1) is 20.5. The molecular formula is C20H18ClFN4O3S. The predicted octanol–water partition coefficient (Wildman–Crippen LogP) is 2.67. The summed E-state index contributed by atoms with van der Waals surface area (Å²) in [5.74, 6) is -0.860. The molecule has 30 heavy (non-hydrogen) atoms. The van der Waals surface area contributed by atoms with Crippen LogP contribution in [0.1, 0.15) is 5.69 Å². The summed E-state index contributed by atoms with van der Waals surface area (Å²) in [6.45, 7) is 0.737. The average molecular weight is 449 g/mol. The lowest BCUT2D eigenvalue weighted by atomic mass is 10.3. The standard InChI is InChI=1S/C20H18ClFN4O3S/c21-20-17(26-9-2-1-6-18(26)23-20)7-8-19(27)24-10-12-25(13-11-24)30(28,29)16-5-3-4-15(22)14-16/h1-9,14H,10-13H2/b8-7+. The third kappa shape index (κ3) is 3.96. The number of halogens is 2. The highest BCUT2D eigenvalue weighted by atomic mass is 35.5. The summed E-state index contributed by atoms with van der Waals surface area (Å²) in [7, 11) is -3.80. The lowest BCUT2D eigenvalue weighted by molar-refractivity contribution is -0.127. The lowest BCUT2D eigenvalue weighted by Crippen LogP contribution is -2.50. The van der Waals surface area contributed by atoms with Crippen LogP contribution in [0.5, 0.6) is 0 Å². The maximum Gasteiger partial charge on any atom is 0.246 e. The highest BCUT2D eigenvalue weighted by molar-refractivity contribution is 7.89. The van der Waals surface area contributed by atoms with E-state index in [1.165, 1.54) is 28.6 Å². The minimum atomic E-state index is -3.80. The molecule has 3 aromatic rings. The van der Waals surface area contributed by atoms with Crippen molar-refractivity contribution in [2.75, 3.05) is 26.2 Å². The second-order valence-corrected chi connectivity index (χ2v) is 9.03. The maximum atomic E-state index is 13.4. The zero-order valence-corrected chi connectivity index (χ0v) is 17.4.